The van der Waals surface area contributed by atoms with E-state index in [0.717, 1.165) is 55.2 Å². The van der Waals surface area contributed by atoms with E-state index in [1.165, 1.54) is 34.7 Å². The number of fused-ring (bicyclic) bond motifs is 1. The molecule has 4 aromatic carbocycles. The van der Waals surface area contributed by atoms with E-state index in [4.69, 9.17) is 17.3 Å². The SMILES string of the molecule is Nc1cc(C(=O)N/N=C/c2cccc3c(CN4CCN(Cc5ccc(Cl)cc5)CC4)cccc23)ccc1O. The molecule has 7 nitrogen and oxygen atoms in total. The summed E-state index contributed by atoms with van der Waals surface area (Å²) in [5.74, 6) is -0.458. The van der Waals surface area contributed by atoms with Gasteiger partial charge in [-0.2, -0.15) is 5.10 Å². The predicted molar refractivity (Wildman–Crippen MR) is 154 cm³/mol. The van der Waals surface area contributed by atoms with Crippen LogP contribution >= 0.6 is 11.6 Å². The zero-order valence-electron chi connectivity index (χ0n) is 21.0. The number of halogens is 1. The number of amides is 1. The van der Waals surface area contributed by atoms with Crippen molar-refractivity contribution in [3.63, 3.8) is 0 Å². The van der Waals surface area contributed by atoms with E-state index in [1.807, 2.05) is 24.3 Å². The maximum Gasteiger partial charge on any atom is 0.271 e. The van der Waals surface area contributed by atoms with E-state index in [2.05, 4.69) is 56.7 Å². The molecule has 194 valence electrons. The van der Waals surface area contributed by atoms with Gasteiger partial charge in [0.25, 0.3) is 5.91 Å². The van der Waals surface area contributed by atoms with Crippen molar-refractivity contribution < 1.29 is 9.90 Å². The van der Waals surface area contributed by atoms with Gasteiger partial charge in [-0.25, -0.2) is 5.43 Å². The van der Waals surface area contributed by atoms with Gasteiger partial charge in [0.1, 0.15) is 5.75 Å². The molecule has 1 fully saturated rings. The van der Waals surface area contributed by atoms with Crippen molar-refractivity contribution in [3.8, 4) is 5.75 Å². The van der Waals surface area contributed by atoms with Crippen LogP contribution in [-0.4, -0.2) is 53.2 Å². The molecule has 0 aliphatic carbocycles. The van der Waals surface area contributed by atoms with Crippen molar-refractivity contribution >= 4 is 40.2 Å². The Hall–Kier alpha value is -3.91. The number of anilines is 1. The first-order valence-electron chi connectivity index (χ1n) is 12.6. The average Bonchev–Trinajstić information content (AvgIpc) is 2.93. The average molecular weight is 528 g/mol. The normalized spacial score (nSPS) is 14.8. The van der Waals surface area contributed by atoms with Crippen LogP contribution in [-0.2, 0) is 13.1 Å². The standard InChI is InChI=1S/C30H30ClN5O2/c31-25-10-7-21(8-11-25)19-35-13-15-36(16-14-35)20-24-4-2-5-26-23(3-1-6-27(24)26)18-33-34-30(38)22-9-12-29(37)28(32)17-22/h1-12,17-18,37H,13-16,19-20,32H2,(H,34,38)/b33-18+. The lowest BCUT2D eigenvalue weighted by atomic mass is 10.00. The Bertz CT molecular complexity index is 1460. The molecule has 1 saturated heterocycles. The summed E-state index contributed by atoms with van der Waals surface area (Å²) in [6.45, 7) is 5.90. The summed E-state index contributed by atoms with van der Waals surface area (Å²) < 4.78 is 0. The molecule has 4 N–H and O–H groups in total. The number of aromatic hydroxyl groups is 1. The molecule has 0 unspecified atom stereocenters. The third kappa shape index (κ3) is 6.14. The second-order valence-corrected chi connectivity index (χ2v) is 9.95. The largest absolute Gasteiger partial charge is 0.506 e. The zero-order chi connectivity index (χ0) is 26.5. The highest BCUT2D eigenvalue weighted by Gasteiger charge is 2.18. The van der Waals surface area contributed by atoms with Crippen LogP contribution in [0.2, 0.25) is 5.02 Å². The minimum atomic E-state index is -0.399. The highest BCUT2D eigenvalue weighted by atomic mass is 35.5. The van der Waals surface area contributed by atoms with E-state index in [1.54, 1.807) is 6.21 Å². The number of nitrogen functional groups attached to an aromatic ring is 1. The number of hydrogen-bond acceptors (Lipinski definition) is 6. The van der Waals surface area contributed by atoms with E-state index >= 15 is 0 Å². The molecular formula is C30H30ClN5O2. The van der Waals surface area contributed by atoms with Gasteiger partial charge in [-0.15, -0.1) is 0 Å². The maximum atomic E-state index is 12.4. The summed E-state index contributed by atoms with van der Waals surface area (Å²) in [5, 5.41) is 16.7. The van der Waals surface area contributed by atoms with Gasteiger partial charge in [-0.1, -0.05) is 60.1 Å². The second kappa shape index (κ2) is 11.6. The van der Waals surface area contributed by atoms with Crippen LogP contribution < -0.4 is 11.2 Å². The van der Waals surface area contributed by atoms with Gasteiger partial charge in [0, 0.05) is 55.4 Å². The van der Waals surface area contributed by atoms with Gasteiger partial charge in [-0.05, 0) is 52.2 Å². The van der Waals surface area contributed by atoms with Crippen molar-refractivity contribution in [2.45, 2.75) is 13.1 Å². The van der Waals surface area contributed by atoms with Gasteiger partial charge in [0.2, 0.25) is 0 Å². The lowest BCUT2D eigenvalue weighted by Crippen LogP contribution is -2.45. The Morgan fingerprint density at radius 1 is 0.921 bits per heavy atom. The Balaban J connectivity index is 1.22. The summed E-state index contributed by atoms with van der Waals surface area (Å²) in [6, 6.07) is 24.9. The first-order chi connectivity index (χ1) is 18.5. The molecule has 0 atom stereocenters. The number of benzene rings is 4. The minimum absolute atomic E-state index is 0.0589. The molecule has 0 spiro atoms. The molecule has 5 rings (SSSR count). The predicted octanol–water partition coefficient (Wildman–Crippen LogP) is 4.86. The number of nitrogens with one attached hydrogen (secondary N) is 1. The lowest BCUT2D eigenvalue weighted by molar-refractivity contribution is 0.0955. The topological polar surface area (TPSA) is 94.2 Å². The minimum Gasteiger partial charge on any atom is -0.506 e. The quantitative estimate of drug-likeness (QED) is 0.138. The lowest BCUT2D eigenvalue weighted by Gasteiger charge is -2.35. The summed E-state index contributed by atoms with van der Waals surface area (Å²) in [4.78, 5) is 17.4. The van der Waals surface area contributed by atoms with E-state index in [-0.39, 0.29) is 11.4 Å². The van der Waals surface area contributed by atoms with Crippen molar-refractivity contribution in [3.05, 3.63) is 106 Å². The first-order valence-corrected chi connectivity index (χ1v) is 13.0. The van der Waals surface area contributed by atoms with E-state index < -0.39 is 5.91 Å². The fourth-order valence-electron chi connectivity index (χ4n) is 4.76. The Kier molecular flexibility index (Phi) is 7.89. The maximum absolute atomic E-state index is 12.4. The monoisotopic (exact) mass is 527 g/mol. The number of nitrogens with two attached hydrogens (primary N) is 1. The molecule has 0 bridgehead atoms. The Morgan fingerprint density at radius 2 is 1.61 bits per heavy atom. The Morgan fingerprint density at radius 3 is 2.34 bits per heavy atom. The van der Waals surface area contributed by atoms with E-state index in [9.17, 15) is 9.90 Å². The molecular weight excluding hydrogens is 498 g/mol. The molecule has 1 heterocycles. The van der Waals surface area contributed by atoms with Crippen LogP contribution in [0, 0.1) is 0 Å². The van der Waals surface area contributed by atoms with Gasteiger partial charge in [0.15, 0.2) is 0 Å². The number of rotatable bonds is 7. The molecule has 0 saturated carbocycles. The molecule has 0 aromatic heterocycles. The van der Waals surface area contributed by atoms with E-state index in [0.29, 0.717) is 5.56 Å². The summed E-state index contributed by atoms with van der Waals surface area (Å²) in [5.41, 5.74) is 12.2. The summed E-state index contributed by atoms with van der Waals surface area (Å²) >= 11 is 6.02. The number of carbonyl (C=O) groups is 1. The van der Waals surface area contributed by atoms with Gasteiger partial charge in [0.05, 0.1) is 11.9 Å². The van der Waals surface area contributed by atoms with Crippen molar-refractivity contribution in [2.24, 2.45) is 5.10 Å². The molecule has 38 heavy (non-hydrogen) atoms. The van der Waals surface area contributed by atoms with Crippen LogP contribution in [0.5, 0.6) is 5.75 Å². The van der Waals surface area contributed by atoms with Crippen LogP contribution in [0.15, 0.2) is 84.0 Å². The molecule has 0 radical (unpaired) electrons. The van der Waals surface area contributed by atoms with Crippen LogP contribution in [0.25, 0.3) is 10.8 Å². The van der Waals surface area contributed by atoms with Gasteiger partial charge < -0.3 is 10.8 Å². The molecule has 4 aromatic rings. The van der Waals surface area contributed by atoms with Crippen molar-refractivity contribution in [2.75, 3.05) is 31.9 Å². The van der Waals surface area contributed by atoms with Gasteiger partial charge in [-0.3, -0.25) is 14.6 Å². The van der Waals surface area contributed by atoms with Crippen molar-refractivity contribution in [1.29, 1.82) is 0 Å². The smallest absolute Gasteiger partial charge is 0.271 e. The molecule has 8 heteroatoms. The second-order valence-electron chi connectivity index (χ2n) is 9.51. The number of nitrogens with zero attached hydrogens (tertiary/aromatic N) is 3. The number of phenolic OH excluding ortho intramolecular Hbond substituents is 1. The third-order valence-electron chi connectivity index (χ3n) is 6.88. The number of hydrogen-bond donors (Lipinski definition) is 3. The van der Waals surface area contributed by atoms with Crippen molar-refractivity contribution in [1.82, 2.24) is 15.2 Å². The highest BCUT2D eigenvalue weighted by Crippen LogP contribution is 2.24. The highest BCUT2D eigenvalue weighted by molar-refractivity contribution is 6.30. The Labute approximate surface area is 227 Å². The van der Waals surface area contributed by atoms with Crippen LogP contribution in [0.4, 0.5) is 5.69 Å². The number of carbonyl (C=O) groups excluding carboxylic acids is 1. The zero-order valence-corrected chi connectivity index (χ0v) is 21.7. The van der Waals surface area contributed by atoms with Gasteiger partial charge >= 0.3 is 0 Å². The number of hydrazone groups is 1. The number of phenols is 1. The van der Waals surface area contributed by atoms with Crippen LogP contribution in [0.1, 0.15) is 27.0 Å². The fourth-order valence-corrected chi connectivity index (χ4v) is 4.89. The first kappa shape index (κ1) is 25.7. The molecule has 1 aliphatic rings. The van der Waals surface area contributed by atoms with Crippen LogP contribution in [0.3, 0.4) is 0 Å². The number of piperazine rings is 1. The third-order valence-corrected chi connectivity index (χ3v) is 7.14. The fraction of sp³-hybridized carbons (Fsp3) is 0.200. The summed E-state index contributed by atoms with van der Waals surface area (Å²) in [7, 11) is 0. The summed E-state index contributed by atoms with van der Waals surface area (Å²) in [6.07, 6.45) is 1.66. The molecule has 1 aliphatic heterocycles. The molecule has 1 amide bonds.